The molecule has 0 spiro atoms. The fourth-order valence-corrected chi connectivity index (χ4v) is 2.23. The maximum absolute atomic E-state index is 11.0. The molecule has 0 fully saturated rings. The number of benzene rings is 2. The molecular formula is C16H11BrN2O2. The van der Waals surface area contributed by atoms with Crippen LogP contribution >= 0.6 is 15.9 Å². The Morgan fingerprint density at radius 3 is 2.24 bits per heavy atom. The minimum atomic E-state index is -0.447. The summed E-state index contributed by atoms with van der Waals surface area (Å²) in [5.41, 5.74) is 8.22. The number of aromatic nitrogens is 1. The SMILES string of the molecule is NC(=O)c1ccc(-c2cc(-c3ccc(Br)cc3)on2)cc1. The second-order valence-electron chi connectivity index (χ2n) is 4.52. The van der Waals surface area contributed by atoms with E-state index in [-0.39, 0.29) is 0 Å². The Morgan fingerprint density at radius 1 is 1.00 bits per heavy atom. The van der Waals surface area contributed by atoms with Crippen LogP contribution in [0.1, 0.15) is 10.4 Å². The molecule has 3 aromatic rings. The highest BCUT2D eigenvalue weighted by molar-refractivity contribution is 9.10. The predicted octanol–water partition coefficient (Wildman–Crippen LogP) is 3.87. The number of nitrogens with two attached hydrogens (primary N) is 1. The standard InChI is InChI=1S/C16H11BrN2O2/c17-13-7-5-11(6-8-13)15-9-14(19-21-15)10-1-3-12(4-2-10)16(18)20/h1-9H,(H2,18,20). The van der Waals surface area contributed by atoms with E-state index in [9.17, 15) is 4.79 Å². The van der Waals surface area contributed by atoms with Gasteiger partial charge in [0.05, 0.1) is 0 Å². The Bertz CT molecular complexity index is 777. The molecule has 0 saturated heterocycles. The molecule has 0 unspecified atom stereocenters. The van der Waals surface area contributed by atoms with E-state index in [1.165, 1.54) is 0 Å². The predicted molar refractivity (Wildman–Crippen MR) is 83.6 cm³/mol. The van der Waals surface area contributed by atoms with Gasteiger partial charge in [-0.15, -0.1) is 0 Å². The van der Waals surface area contributed by atoms with Gasteiger partial charge in [0.1, 0.15) is 5.69 Å². The van der Waals surface area contributed by atoms with Crippen LogP contribution in [-0.4, -0.2) is 11.1 Å². The lowest BCUT2D eigenvalue weighted by atomic mass is 10.1. The first kappa shape index (κ1) is 13.6. The molecule has 1 aromatic heterocycles. The monoisotopic (exact) mass is 342 g/mol. The van der Waals surface area contributed by atoms with Crippen molar-refractivity contribution in [3.8, 4) is 22.6 Å². The number of primary amides is 1. The number of amides is 1. The summed E-state index contributed by atoms with van der Waals surface area (Å²) in [5.74, 6) is 0.244. The van der Waals surface area contributed by atoms with E-state index in [4.69, 9.17) is 10.3 Å². The largest absolute Gasteiger partial charge is 0.366 e. The van der Waals surface area contributed by atoms with Gasteiger partial charge in [-0.1, -0.05) is 45.4 Å². The van der Waals surface area contributed by atoms with Crippen molar-refractivity contribution in [2.24, 2.45) is 5.73 Å². The molecule has 1 amide bonds. The second-order valence-corrected chi connectivity index (χ2v) is 5.44. The van der Waals surface area contributed by atoms with Crippen LogP contribution in [0.25, 0.3) is 22.6 Å². The molecule has 0 bridgehead atoms. The minimum absolute atomic E-state index is 0.447. The number of carbonyl (C=O) groups excluding carboxylic acids is 1. The van der Waals surface area contributed by atoms with E-state index in [1.807, 2.05) is 30.3 Å². The fraction of sp³-hybridized carbons (Fsp3) is 0. The van der Waals surface area contributed by atoms with Crippen LogP contribution in [0.4, 0.5) is 0 Å². The molecule has 1 heterocycles. The summed E-state index contributed by atoms with van der Waals surface area (Å²) in [5, 5.41) is 4.06. The molecular weight excluding hydrogens is 332 g/mol. The van der Waals surface area contributed by atoms with Crippen molar-refractivity contribution in [3.05, 3.63) is 64.6 Å². The van der Waals surface area contributed by atoms with Crippen molar-refractivity contribution in [2.45, 2.75) is 0 Å². The average molecular weight is 343 g/mol. The lowest BCUT2D eigenvalue weighted by Crippen LogP contribution is -2.10. The van der Waals surface area contributed by atoms with E-state index in [1.54, 1.807) is 24.3 Å². The van der Waals surface area contributed by atoms with E-state index in [0.717, 1.165) is 15.6 Å². The van der Waals surface area contributed by atoms with Crippen LogP contribution in [0, 0.1) is 0 Å². The van der Waals surface area contributed by atoms with Gasteiger partial charge in [0.25, 0.3) is 0 Å². The van der Waals surface area contributed by atoms with Gasteiger partial charge < -0.3 is 10.3 Å². The zero-order valence-corrected chi connectivity index (χ0v) is 12.5. The highest BCUT2D eigenvalue weighted by Gasteiger charge is 2.09. The van der Waals surface area contributed by atoms with E-state index in [2.05, 4.69) is 21.1 Å². The zero-order valence-electron chi connectivity index (χ0n) is 10.9. The molecule has 0 radical (unpaired) electrons. The van der Waals surface area contributed by atoms with Gasteiger partial charge >= 0.3 is 0 Å². The van der Waals surface area contributed by atoms with Gasteiger partial charge in [-0.05, 0) is 24.3 Å². The number of carbonyl (C=O) groups is 1. The molecule has 0 saturated carbocycles. The van der Waals surface area contributed by atoms with Crippen LogP contribution in [0.15, 0.2) is 63.6 Å². The van der Waals surface area contributed by atoms with Crippen molar-refractivity contribution in [1.82, 2.24) is 5.16 Å². The summed E-state index contributed by atoms with van der Waals surface area (Å²) in [7, 11) is 0. The van der Waals surface area contributed by atoms with Crippen molar-refractivity contribution in [3.63, 3.8) is 0 Å². The second kappa shape index (κ2) is 5.54. The molecule has 0 aliphatic carbocycles. The smallest absolute Gasteiger partial charge is 0.248 e. The lowest BCUT2D eigenvalue weighted by molar-refractivity contribution is 0.100. The minimum Gasteiger partial charge on any atom is -0.366 e. The number of hydrogen-bond donors (Lipinski definition) is 1. The van der Waals surface area contributed by atoms with Crippen molar-refractivity contribution in [1.29, 1.82) is 0 Å². The summed E-state index contributed by atoms with van der Waals surface area (Å²) in [6, 6.07) is 16.6. The Hall–Kier alpha value is -2.40. The number of halogens is 1. The fourth-order valence-electron chi connectivity index (χ4n) is 1.97. The van der Waals surface area contributed by atoms with Crippen molar-refractivity contribution >= 4 is 21.8 Å². The third kappa shape index (κ3) is 2.87. The van der Waals surface area contributed by atoms with Gasteiger partial charge in [0, 0.05) is 27.2 Å². The maximum atomic E-state index is 11.0. The van der Waals surface area contributed by atoms with Crippen LogP contribution < -0.4 is 5.73 Å². The molecule has 3 rings (SSSR count). The van der Waals surface area contributed by atoms with Gasteiger partial charge in [-0.25, -0.2) is 0 Å². The molecule has 5 heteroatoms. The van der Waals surface area contributed by atoms with Gasteiger partial charge in [-0.2, -0.15) is 0 Å². The molecule has 21 heavy (non-hydrogen) atoms. The van der Waals surface area contributed by atoms with Crippen molar-refractivity contribution in [2.75, 3.05) is 0 Å². The van der Waals surface area contributed by atoms with Crippen LogP contribution in [-0.2, 0) is 0 Å². The molecule has 2 N–H and O–H groups in total. The molecule has 104 valence electrons. The number of hydrogen-bond acceptors (Lipinski definition) is 3. The normalized spacial score (nSPS) is 10.5. The summed E-state index contributed by atoms with van der Waals surface area (Å²) in [4.78, 5) is 11.0. The highest BCUT2D eigenvalue weighted by Crippen LogP contribution is 2.27. The average Bonchev–Trinajstić information content (AvgIpc) is 2.98. The molecule has 4 nitrogen and oxygen atoms in total. The Labute approximate surface area is 129 Å². The summed E-state index contributed by atoms with van der Waals surface area (Å²) in [6.07, 6.45) is 0. The molecule has 0 atom stereocenters. The van der Waals surface area contributed by atoms with Gasteiger partial charge in [0.2, 0.25) is 5.91 Å². The van der Waals surface area contributed by atoms with E-state index in [0.29, 0.717) is 17.0 Å². The first-order valence-electron chi connectivity index (χ1n) is 6.26. The van der Waals surface area contributed by atoms with E-state index < -0.39 is 5.91 Å². The van der Waals surface area contributed by atoms with Crippen LogP contribution in [0.2, 0.25) is 0 Å². The summed E-state index contributed by atoms with van der Waals surface area (Å²) < 4.78 is 6.37. The van der Waals surface area contributed by atoms with Gasteiger partial charge in [-0.3, -0.25) is 4.79 Å². The topological polar surface area (TPSA) is 69.1 Å². The Balaban J connectivity index is 1.90. The number of rotatable bonds is 3. The highest BCUT2D eigenvalue weighted by atomic mass is 79.9. The lowest BCUT2D eigenvalue weighted by Gasteiger charge is -1.97. The Morgan fingerprint density at radius 2 is 1.62 bits per heavy atom. The number of nitrogens with zero attached hydrogens (tertiary/aromatic N) is 1. The third-order valence-electron chi connectivity index (χ3n) is 3.10. The first-order chi connectivity index (χ1) is 10.1. The van der Waals surface area contributed by atoms with Gasteiger partial charge in [0.15, 0.2) is 5.76 Å². The Kier molecular flexibility index (Phi) is 3.58. The summed E-state index contributed by atoms with van der Waals surface area (Å²) in [6.45, 7) is 0. The van der Waals surface area contributed by atoms with E-state index >= 15 is 0 Å². The quantitative estimate of drug-likeness (QED) is 0.785. The molecule has 2 aromatic carbocycles. The third-order valence-corrected chi connectivity index (χ3v) is 3.63. The van der Waals surface area contributed by atoms with Crippen LogP contribution in [0.5, 0.6) is 0 Å². The molecule has 0 aliphatic rings. The van der Waals surface area contributed by atoms with Crippen LogP contribution in [0.3, 0.4) is 0 Å². The maximum Gasteiger partial charge on any atom is 0.248 e. The van der Waals surface area contributed by atoms with Crippen molar-refractivity contribution < 1.29 is 9.32 Å². The summed E-state index contributed by atoms with van der Waals surface area (Å²) >= 11 is 3.39. The zero-order chi connectivity index (χ0) is 14.8. The molecule has 0 aliphatic heterocycles. The first-order valence-corrected chi connectivity index (χ1v) is 7.06.